The quantitative estimate of drug-likeness (QED) is 0.692. The summed E-state index contributed by atoms with van der Waals surface area (Å²) in [6.07, 6.45) is 1.49. The van der Waals surface area contributed by atoms with Crippen molar-refractivity contribution in [1.82, 2.24) is 4.57 Å². The molecule has 0 saturated carbocycles. The van der Waals surface area contributed by atoms with Gasteiger partial charge in [0.1, 0.15) is 0 Å². The Morgan fingerprint density at radius 1 is 1.21 bits per heavy atom. The van der Waals surface area contributed by atoms with Gasteiger partial charge in [-0.05, 0) is 23.6 Å². The normalized spacial score (nSPS) is 11.2. The molecule has 7 heteroatoms. The van der Waals surface area contributed by atoms with E-state index in [-0.39, 0.29) is 16.8 Å². The van der Waals surface area contributed by atoms with Gasteiger partial charge in [0.15, 0.2) is 0 Å². The SMILES string of the molecule is Cn1ccc(C(=O)Nc2ccc(C(C)(C)C)c([N+](=O)[O-])c2)cc1=O. The summed E-state index contributed by atoms with van der Waals surface area (Å²) < 4.78 is 1.35. The fourth-order valence-corrected chi connectivity index (χ4v) is 2.29. The molecular weight excluding hydrogens is 310 g/mol. The number of nitro benzene ring substituents is 1. The topological polar surface area (TPSA) is 94.2 Å². The second kappa shape index (κ2) is 6.27. The number of nitrogens with zero attached hydrogens (tertiary/aromatic N) is 2. The molecule has 1 heterocycles. The summed E-state index contributed by atoms with van der Waals surface area (Å²) in [5, 5.41) is 13.9. The molecule has 0 atom stereocenters. The van der Waals surface area contributed by atoms with E-state index in [2.05, 4.69) is 5.32 Å². The maximum atomic E-state index is 12.2. The highest BCUT2D eigenvalue weighted by atomic mass is 16.6. The first-order valence-corrected chi connectivity index (χ1v) is 7.36. The fraction of sp³-hybridized carbons (Fsp3) is 0.294. The van der Waals surface area contributed by atoms with E-state index in [0.717, 1.165) is 0 Å². The highest BCUT2D eigenvalue weighted by Crippen LogP contribution is 2.33. The molecule has 2 rings (SSSR count). The molecule has 1 N–H and O–H groups in total. The van der Waals surface area contributed by atoms with Crippen LogP contribution in [0.1, 0.15) is 36.7 Å². The summed E-state index contributed by atoms with van der Waals surface area (Å²) in [7, 11) is 1.58. The molecule has 2 aromatic rings. The van der Waals surface area contributed by atoms with Crippen LogP contribution < -0.4 is 10.9 Å². The van der Waals surface area contributed by atoms with Crippen molar-refractivity contribution in [2.24, 2.45) is 7.05 Å². The van der Waals surface area contributed by atoms with Crippen molar-refractivity contribution in [2.45, 2.75) is 26.2 Å². The van der Waals surface area contributed by atoms with E-state index >= 15 is 0 Å². The highest BCUT2D eigenvalue weighted by Gasteiger charge is 2.25. The molecule has 0 fully saturated rings. The largest absolute Gasteiger partial charge is 0.322 e. The van der Waals surface area contributed by atoms with Crippen molar-refractivity contribution in [3.05, 3.63) is 68.1 Å². The number of nitro groups is 1. The number of nitrogens with one attached hydrogen (secondary N) is 1. The van der Waals surface area contributed by atoms with Crippen molar-refractivity contribution in [2.75, 3.05) is 5.32 Å². The van der Waals surface area contributed by atoms with Crippen molar-refractivity contribution < 1.29 is 9.72 Å². The van der Waals surface area contributed by atoms with Gasteiger partial charge in [-0.15, -0.1) is 0 Å². The number of carbonyl (C=O) groups excluding carboxylic acids is 1. The van der Waals surface area contributed by atoms with Crippen LogP contribution in [-0.2, 0) is 12.5 Å². The van der Waals surface area contributed by atoms with E-state index in [4.69, 9.17) is 0 Å². The first-order valence-electron chi connectivity index (χ1n) is 7.36. The maximum absolute atomic E-state index is 12.2. The van der Waals surface area contributed by atoms with E-state index in [9.17, 15) is 19.7 Å². The summed E-state index contributed by atoms with van der Waals surface area (Å²) in [4.78, 5) is 34.6. The lowest BCUT2D eigenvalue weighted by Gasteiger charge is -2.19. The second-order valence-corrected chi connectivity index (χ2v) is 6.56. The average molecular weight is 329 g/mol. The molecule has 24 heavy (non-hydrogen) atoms. The molecule has 0 aliphatic rings. The molecule has 0 radical (unpaired) electrons. The number of pyridine rings is 1. The van der Waals surface area contributed by atoms with E-state index in [1.807, 2.05) is 20.8 Å². The lowest BCUT2D eigenvalue weighted by molar-refractivity contribution is -0.385. The molecule has 7 nitrogen and oxygen atoms in total. The van der Waals surface area contributed by atoms with Crippen LogP contribution in [0.5, 0.6) is 0 Å². The van der Waals surface area contributed by atoms with Crippen LogP contribution in [0.4, 0.5) is 11.4 Å². The number of carbonyl (C=O) groups is 1. The van der Waals surface area contributed by atoms with Gasteiger partial charge in [0, 0.05) is 42.2 Å². The number of aryl methyl sites for hydroxylation is 1. The van der Waals surface area contributed by atoms with E-state index in [1.54, 1.807) is 19.2 Å². The minimum Gasteiger partial charge on any atom is -0.322 e. The second-order valence-electron chi connectivity index (χ2n) is 6.56. The minimum absolute atomic E-state index is 0.0516. The molecule has 1 aromatic heterocycles. The zero-order chi connectivity index (χ0) is 18.1. The van der Waals surface area contributed by atoms with Gasteiger partial charge in [0.05, 0.1) is 4.92 Å². The van der Waals surface area contributed by atoms with Crippen molar-refractivity contribution in [3.63, 3.8) is 0 Å². The molecular formula is C17H19N3O4. The minimum atomic E-state index is -0.495. The van der Waals surface area contributed by atoms with Gasteiger partial charge in [-0.3, -0.25) is 19.7 Å². The predicted molar refractivity (Wildman–Crippen MR) is 91.4 cm³/mol. The molecule has 0 aliphatic carbocycles. The van der Waals surface area contributed by atoms with E-state index in [0.29, 0.717) is 11.3 Å². The fourth-order valence-electron chi connectivity index (χ4n) is 2.29. The lowest BCUT2D eigenvalue weighted by atomic mass is 9.85. The number of hydrogen-bond acceptors (Lipinski definition) is 4. The third-order valence-electron chi connectivity index (χ3n) is 3.63. The van der Waals surface area contributed by atoms with Crippen molar-refractivity contribution in [3.8, 4) is 0 Å². The summed E-state index contributed by atoms with van der Waals surface area (Å²) in [5.41, 5.74) is 0.331. The number of anilines is 1. The van der Waals surface area contributed by atoms with Gasteiger partial charge in [0.25, 0.3) is 17.2 Å². The van der Waals surface area contributed by atoms with Crippen LogP contribution in [0.2, 0.25) is 0 Å². The van der Waals surface area contributed by atoms with Gasteiger partial charge in [-0.1, -0.05) is 20.8 Å². The van der Waals surface area contributed by atoms with Gasteiger partial charge < -0.3 is 9.88 Å². The molecule has 0 aliphatic heterocycles. The maximum Gasteiger partial charge on any atom is 0.275 e. The van der Waals surface area contributed by atoms with Gasteiger partial charge in [-0.2, -0.15) is 0 Å². The summed E-state index contributed by atoms with van der Waals surface area (Å²) >= 11 is 0. The first kappa shape index (κ1) is 17.4. The molecule has 126 valence electrons. The van der Waals surface area contributed by atoms with E-state index < -0.39 is 16.2 Å². The Morgan fingerprint density at radius 2 is 1.88 bits per heavy atom. The van der Waals surface area contributed by atoms with Crippen LogP contribution in [0.15, 0.2) is 41.3 Å². The Labute approximate surface area is 139 Å². The van der Waals surface area contributed by atoms with Crippen LogP contribution in [0.25, 0.3) is 0 Å². The predicted octanol–water partition coefficient (Wildman–Crippen LogP) is 2.84. The number of rotatable bonds is 3. The standard InChI is InChI=1S/C17H19N3O4/c1-17(2,3)13-6-5-12(10-14(13)20(23)24)18-16(22)11-7-8-19(4)15(21)9-11/h5-10H,1-4H3,(H,18,22). The van der Waals surface area contributed by atoms with Crippen LogP contribution in [-0.4, -0.2) is 15.4 Å². The summed E-state index contributed by atoms with van der Waals surface area (Å²) in [6, 6.07) is 7.31. The number of benzene rings is 1. The number of hydrogen-bond donors (Lipinski definition) is 1. The Bertz CT molecular complexity index is 863. The molecule has 1 aromatic carbocycles. The van der Waals surface area contributed by atoms with Crippen LogP contribution >= 0.6 is 0 Å². The smallest absolute Gasteiger partial charge is 0.275 e. The number of amides is 1. The van der Waals surface area contributed by atoms with Crippen LogP contribution in [0, 0.1) is 10.1 Å². The molecule has 1 amide bonds. The molecule has 0 saturated heterocycles. The summed E-state index contributed by atoms with van der Waals surface area (Å²) in [6.45, 7) is 5.65. The first-order chi connectivity index (χ1) is 11.1. The number of aromatic nitrogens is 1. The Kier molecular flexibility index (Phi) is 4.54. The molecule has 0 spiro atoms. The van der Waals surface area contributed by atoms with Gasteiger partial charge in [0.2, 0.25) is 0 Å². The monoisotopic (exact) mass is 329 g/mol. The lowest BCUT2D eigenvalue weighted by Crippen LogP contribution is -2.20. The average Bonchev–Trinajstić information content (AvgIpc) is 2.48. The van der Waals surface area contributed by atoms with Gasteiger partial charge in [-0.25, -0.2) is 0 Å². The summed E-state index contributed by atoms with van der Waals surface area (Å²) in [5.74, 6) is -0.495. The third-order valence-corrected chi connectivity index (χ3v) is 3.63. The van der Waals surface area contributed by atoms with Crippen molar-refractivity contribution >= 4 is 17.3 Å². The van der Waals surface area contributed by atoms with Gasteiger partial charge >= 0.3 is 0 Å². The third kappa shape index (κ3) is 3.68. The highest BCUT2D eigenvalue weighted by molar-refractivity contribution is 6.04. The molecule has 0 unspecified atom stereocenters. The Morgan fingerprint density at radius 3 is 2.42 bits per heavy atom. The van der Waals surface area contributed by atoms with E-state index in [1.165, 1.54) is 29.0 Å². The zero-order valence-electron chi connectivity index (χ0n) is 14.0. The van der Waals surface area contributed by atoms with Crippen molar-refractivity contribution in [1.29, 1.82) is 0 Å². The van der Waals surface area contributed by atoms with Crippen LogP contribution in [0.3, 0.4) is 0 Å². The Hall–Kier alpha value is -2.96. The molecule has 0 bridgehead atoms. The Balaban J connectivity index is 2.34. The zero-order valence-corrected chi connectivity index (χ0v) is 14.0.